The molecule has 0 amide bonds. The number of hydrogen-bond donors (Lipinski definition) is 1. The molecule has 1 N–H and O–H groups in total. The number of rotatable bonds is 4. The van der Waals surface area contributed by atoms with Gasteiger partial charge in [0.2, 0.25) is 5.95 Å². The van der Waals surface area contributed by atoms with E-state index >= 15 is 0 Å². The van der Waals surface area contributed by atoms with E-state index in [1.807, 2.05) is 24.5 Å². The van der Waals surface area contributed by atoms with Crippen LogP contribution in [0.4, 0.5) is 5.95 Å². The molecular formula is C13H14N4. The molecule has 1 aliphatic carbocycles. The Morgan fingerprint density at radius 1 is 1.06 bits per heavy atom. The maximum atomic E-state index is 4.31. The molecule has 0 aliphatic heterocycles. The summed E-state index contributed by atoms with van der Waals surface area (Å²) in [7, 11) is 0. The highest BCUT2D eigenvalue weighted by Gasteiger charge is 2.20. The number of aromatic nitrogens is 3. The number of anilines is 1. The molecule has 0 bridgehead atoms. The highest BCUT2D eigenvalue weighted by molar-refractivity contribution is 5.61. The number of nitrogens with one attached hydrogen (secondary N) is 1. The van der Waals surface area contributed by atoms with Gasteiger partial charge in [-0.25, -0.2) is 9.97 Å². The van der Waals surface area contributed by atoms with Crippen LogP contribution in [-0.4, -0.2) is 21.5 Å². The Morgan fingerprint density at radius 2 is 1.76 bits per heavy atom. The van der Waals surface area contributed by atoms with E-state index in [9.17, 15) is 0 Å². The predicted molar refractivity (Wildman–Crippen MR) is 66.5 cm³/mol. The molecular weight excluding hydrogens is 212 g/mol. The van der Waals surface area contributed by atoms with Crippen molar-refractivity contribution in [1.82, 2.24) is 15.0 Å². The number of hydrogen-bond acceptors (Lipinski definition) is 4. The minimum Gasteiger partial charge on any atom is -0.354 e. The highest BCUT2D eigenvalue weighted by atomic mass is 15.1. The summed E-state index contributed by atoms with van der Waals surface area (Å²) < 4.78 is 0. The van der Waals surface area contributed by atoms with Crippen molar-refractivity contribution in [2.75, 3.05) is 11.9 Å². The lowest BCUT2D eigenvalue weighted by Crippen LogP contribution is -2.06. The Kier molecular flexibility index (Phi) is 2.69. The van der Waals surface area contributed by atoms with Gasteiger partial charge in [0.15, 0.2) is 0 Å². The van der Waals surface area contributed by atoms with Gasteiger partial charge in [0.1, 0.15) is 0 Å². The second-order valence-electron chi connectivity index (χ2n) is 4.36. The van der Waals surface area contributed by atoms with E-state index < -0.39 is 0 Å². The van der Waals surface area contributed by atoms with Crippen LogP contribution in [0.15, 0.2) is 36.9 Å². The average Bonchev–Trinajstić information content (AvgIpc) is 3.22. The summed E-state index contributed by atoms with van der Waals surface area (Å²) >= 11 is 0. The van der Waals surface area contributed by atoms with Crippen LogP contribution < -0.4 is 5.32 Å². The zero-order valence-electron chi connectivity index (χ0n) is 9.50. The third kappa shape index (κ3) is 2.58. The fourth-order valence-corrected chi connectivity index (χ4v) is 1.67. The molecule has 1 fully saturated rings. The van der Waals surface area contributed by atoms with Gasteiger partial charge in [0.05, 0.1) is 0 Å². The second-order valence-corrected chi connectivity index (χ2v) is 4.36. The first-order chi connectivity index (χ1) is 8.42. The van der Waals surface area contributed by atoms with Crippen LogP contribution in [-0.2, 0) is 0 Å². The second kappa shape index (κ2) is 4.49. The molecule has 1 saturated carbocycles. The monoisotopic (exact) mass is 226 g/mol. The summed E-state index contributed by atoms with van der Waals surface area (Å²) in [5.41, 5.74) is 2.11. The molecule has 17 heavy (non-hydrogen) atoms. The van der Waals surface area contributed by atoms with Gasteiger partial charge in [0.25, 0.3) is 0 Å². The smallest absolute Gasteiger partial charge is 0.222 e. The molecule has 3 rings (SSSR count). The van der Waals surface area contributed by atoms with Crippen LogP contribution in [0.1, 0.15) is 12.8 Å². The zero-order valence-corrected chi connectivity index (χ0v) is 9.50. The van der Waals surface area contributed by atoms with E-state index in [1.165, 1.54) is 12.8 Å². The quantitative estimate of drug-likeness (QED) is 0.869. The molecule has 0 aromatic carbocycles. The normalized spacial score (nSPS) is 14.6. The van der Waals surface area contributed by atoms with Gasteiger partial charge in [-0.15, -0.1) is 0 Å². The van der Waals surface area contributed by atoms with Gasteiger partial charge >= 0.3 is 0 Å². The van der Waals surface area contributed by atoms with Gasteiger partial charge in [-0.05, 0) is 36.5 Å². The molecule has 0 atom stereocenters. The first kappa shape index (κ1) is 10.2. The lowest BCUT2D eigenvalue weighted by atomic mass is 10.1. The van der Waals surface area contributed by atoms with Crippen molar-refractivity contribution in [2.24, 2.45) is 5.92 Å². The fourth-order valence-electron chi connectivity index (χ4n) is 1.67. The third-order valence-electron chi connectivity index (χ3n) is 2.91. The molecule has 2 heterocycles. The third-order valence-corrected chi connectivity index (χ3v) is 2.91. The number of nitrogens with zero attached hydrogens (tertiary/aromatic N) is 3. The van der Waals surface area contributed by atoms with Gasteiger partial charge in [-0.3, -0.25) is 4.98 Å². The van der Waals surface area contributed by atoms with Crippen molar-refractivity contribution in [2.45, 2.75) is 12.8 Å². The summed E-state index contributed by atoms with van der Waals surface area (Å²) in [6.45, 7) is 0.995. The van der Waals surface area contributed by atoms with Crippen molar-refractivity contribution in [3.05, 3.63) is 36.9 Å². The molecule has 2 aromatic rings. The highest BCUT2D eigenvalue weighted by Crippen LogP contribution is 2.28. The molecule has 0 unspecified atom stereocenters. The van der Waals surface area contributed by atoms with Crippen LogP contribution in [0.25, 0.3) is 11.1 Å². The van der Waals surface area contributed by atoms with Gasteiger partial charge in [-0.2, -0.15) is 0 Å². The van der Waals surface area contributed by atoms with Crippen LogP contribution in [0.2, 0.25) is 0 Å². The Labute approximate surface area is 100 Å². The Bertz CT molecular complexity index is 477. The number of pyridine rings is 1. The maximum Gasteiger partial charge on any atom is 0.222 e. The van der Waals surface area contributed by atoms with Gasteiger partial charge in [-0.1, -0.05) is 0 Å². The van der Waals surface area contributed by atoms with Crippen molar-refractivity contribution < 1.29 is 0 Å². The summed E-state index contributed by atoms with van der Waals surface area (Å²) in [5.74, 6) is 1.55. The maximum absolute atomic E-state index is 4.31. The molecule has 4 nitrogen and oxygen atoms in total. The van der Waals surface area contributed by atoms with Crippen molar-refractivity contribution in [1.29, 1.82) is 0 Å². The Hall–Kier alpha value is -1.97. The summed E-state index contributed by atoms with van der Waals surface area (Å²) in [4.78, 5) is 12.6. The van der Waals surface area contributed by atoms with Crippen molar-refractivity contribution >= 4 is 5.95 Å². The molecule has 86 valence electrons. The molecule has 1 aliphatic rings. The Balaban J connectivity index is 1.70. The summed E-state index contributed by atoms with van der Waals surface area (Å²) in [6.07, 6.45) is 9.91. The summed E-state index contributed by atoms with van der Waals surface area (Å²) in [6, 6.07) is 3.91. The first-order valence-corrected chi connectivity index (χ1v) is 5.88. The van der Waals surface area contributed by atoms with E-state index in [1.54, 1.807) is 12.4 Å². The molecule has 0 spiro atoms. The largest absolute Gasteiger partial charge is 0.354 e. The molecule has 4 heteroatoms. The molecule has 2 aromatic heterocycles. The van der Waals surface area contributed by atoms with E-state index in [-0.39, 0.29) is 0 Å². The predicted octanol–water partition coefficient (Wildman–Crippen LogP) is 2.36. The van der Waals surface area contributed by atoms with Gasteiger partial charge < -0.3 is 5.32 Å². The Morgan fingerprint density at radius 3 is 2.41 bits per heavy atom. The minimum absolute atomic E-state index is 0.717. The first-order valence-electron chi connectivity index (χ1n) is 5.88. The fraction of sp³-hybridized carbons (Fsp3) is 0.308. The lowest BCUT2D eigenvalue weighted by molar-refractivity contribution is 0.873. The standard InChI is InChI=1S/C13H14N4/c1-2-10(1)7-15-13-16-8-12(9-17-13)11-3-5-14-6-4-11/h3-6,8-10H,1-2,7H2,(H,15,16,17). The topological polar surface area (TPSA) is 50.7 Å². The van der Waals surface area contributed by atoms with E-state index in [2.05, 4.69) is 20.3 Å². The van der Waals surface area contributed by atoms with Crippen LogP contribution in [0, 0.1) is 5.92 Å². The SMILES string of the molecule is c1cc(-c2cnc(NCC3CC3)nc2)ccn1. The van der Waals surface area contributed by atoms with Crippen molar-refractivity contribution in [3.63, 3.8) is 0 Å². The lowest BCUT2D eigenvalue weighted by Gasteiger charge is -2.04. The van der Waals surface area contributed by atoms with Crippen molar-refractivity contribution in [3.8, 4) is 11.1 Å². The zero-order chi connectivity index (χ0) is 11.5. The summed E-state index contributed by atoms with van der Waals surface area (Å²) in [5, 5.41) is 3.25. The average molecular weight is 226 g/mol. The van der Waals surface area contributed by atoms with E-state index in [4.69, 9.17) is 0 Å². The molecule has 0 radical (unpaired) electrons. The van der Waals surface area contributed by atoms with Crippen LogP contribution >= 0.6 is 0 Å². The van der Waals surface area contributed by atoms with E-state index in [0.717, 1.165) is 29.5 Å². The van der Waals surface area contributed by atoms with Crippen LogP contribution in [0.5, 0.6) is 0 Å². The minimum atomic E-state index is 0.717. The van der Waals surface area contributed by atoms with E-state index in [0.29, 0.717) is 0 Å². The van der Waals surface area contributed by atoms with Crippen LogP contribution in [0.3, 0.4) is 0 Å². The van der Waals surface area contributed by atoms with Gasteiger partial charge in [0, 0.05) is 36.9 Å². The molecule has 0 saturated heterocycles.